The number of aromatic hydroxyl groups is 2. The van der Waals surface area contributed by atoms with Gasteiger partial charge in [0, 0.05) is 11.3 Å². The molecule has 0 fully saturated rings. The topological polar surface area (TPSA) is 60.8 Å². The van der Waals surface area contributed by atoms with E-state index in [-0.39, 0.29) is 17.4 Å². The molecule has 0 aliphatic carbocycles. The second-order valence-electron chi connectivity index (χ2n) is 8.65. The van der Waals surface area contributed by atoms with Gasteiger partial charge < -0.3 is 15.1 Å². The first kappa shape index (κ1) is 20.8. The fourth-order valence-corrected chi connectivity index (χ4v) is 4.88. The number of anilines is 1. The number of fused-ring (bicyclic) bond motifs is 1. The summed E-state index contributed by atoms with van der Waals surface area (Å²) in [7, 11) is 0. The summed E-state index contributed by atoms with van der Waals surface area (Å²) in [5.41, 5.74) is 4.68. The molecule has 4 aromatic carbocycles. The highest BCUT2D eigenvalue weighted by Gasteiger charge is 2.53. The summed E-state index contributed by atoms with van der Waals surface area (Å²) in [6.07, 6.45) is 0. The number of phenolic OH excluding ortho intramolecular Hbond substituents is 2. The van der Waals surface area contributed by atoms with Crippen LogP contribution >= 0.6 is 0 Å². The Labute approximate surface area is 193 Å². The number of carbonyl (C=O) groups is 1. The fraction of sp³-hybridized carbons (Fsp3) is 0.138. The summed E-state index contributed by atoms with van der Waals surface area (Å²) in [6.45, 7) is 4.12. The van der Waals surface area contributed by atoms with Gasteiger partial charge in [0.25, 0.3) is 0 Å². The minimum absolute atomic E-state index is 0.0530. The molecule has 4 nitrogen and oxygen atoms in total. The highest BCUT2D eigenvalue weighted by atomic mass is 16.3. The van der Waals surface area contributed by atoms with E-state index >= 15 is 0 Å². The molecule has 1 heterocycles. The highest BCUT2D eigenvalue weighted by molar-refractivity contribution is 6.13. The lowest BCUT2D eigenvalue weighted by Gasteiger charge is -2.31. The Morgan fingerprint density at radius 2 is 1.27 bits per heavy atom. The first-order chi connectivity index (χ1) is 15.9. The van der Waals surface area contributed by atoms with Gasteiger partial charge >= 0.3 is 0 Å². The van der Waals surface area contributed by atoms with Crippen LogP contribution in [0.4, 0.5) is 5.69 Å². The van der Waals surface area contributed by atoms with Gasteiger partial charge in [-0.05, 0) is 59.9 Å². The quantitative estimate of drug-likeness (QED) is 0.439. The maximum atomic E-state index is 14.5. The highest BCUT2D eigenvalue weighted by Crippen LogP contribution is 2.51. The van der Waals surface area contributed by atoms with E-state index in [0.29, 0.717) is 17.7 Å². The smallest absolute Gasteiger partial charge is 0.247 e. The minimum Gasteiger partial charge on any atom is -0.508 e. The summed E-state index contributed by atoms with van der Waals surface area (Å²) in [5.74, 6) is 0.328. The largest absolute Gasteiger partial charge is 0.508 e. The van der Waals surface area contributed by atoms with Crippen LogP contribution in [0.1, 0.15) is 33.4 Å². The number of rotatable bonds is 4. The van der Waals surface area contributed by atoms with Gasteiger partial charge in [-0.25, -0.2) is 0 Å². The molecule has 0 bridgehead atoms. The molecular formula is C29H25NO3. The Kier molecular flexibility index (Phi) is 4.94. The van der Waals surface area contributed by atoms with Crippen LogP contribution in [0.2, 0.25) is 0 Å². The third-order valence-electron chi connectivity index (χ3n) is 6.61. The fourth-order valence-electron chi connectivity index (χ4n) is 4.88. The molecule has 4 aromatic rings. The number of amides is 1. The first-order valence-corrected chi connectivity index (χ1v) is 11.0. The Morgan fingerprint density at radius 1 is 0.727 bits per heavy atom. The van der Waals surface area contributed by atoms with E-state index in [9.17, 15) is 15.0 Å². The Balaban J connectivity index is 1.80. The zero-order chi connectivity index (χ0) is 23.2. The zero-order valence-electron chi connectivity index (χ0n) is 18.6. The van der Waals surface area contributed by atoms with Gasteiger partial charge in [0.05, 0.1) is 6.54 Å². The second kappa shape index (κ2) is 7.82. The van der Waals surface area contributed by atoms with E-state index in [0.717, 1.165) is 27.9 Å². The molecule has 4 heteroatoms. The summed E-state index contributed by atoms with van der Waals surface area (Å²) in [5, 5.41) is 20.4. The van der Waals surface area contributed by atoms with E-state index in [1.807, 2.05) is 97.6 Å². The molecule has 0 aromatic heterocycles. The van der Waals surface area contributed by atoms with E-state index in [4.69, 9.17) is 0 Å². The lowest BCUT2D eigenvalue weighted by molar-refractivity contribution is -0.120. The summed E-state index contributed by atoms with van der Waals surface area (Å²) >= 11 is 0. The standard InChI is InChI=1S/C29H25NO3/c1-19-16-22(12-14-26(19)31)29(23-13-15-27(32)20(2)17-23)24-10-6-7-11-25(24)30(28(29)33)18-21-8-4-3-5-9-21/h3-17,31-32H,18H2,1-2H3. The molecule has 1 aliphatic rings. The van der Waals surface area contributed by atoms with Crippen molar-refractivity contribution in [3.63, 3.8) is 0 Å². The van der Waals surface area contributed by atoms with Crippen molar-refractivity contribution in [1.29, 1.82) is 0 Å². The maximum Gasteiger partial charge on any atom is 0.247 e. The average molecular weight is 436 g/mol. The van der Waals surface area contributed by atoms with Gasteiger partial charge in [-0.1, -0.05) is 72.8 Å². The normalized spacial score (nSPS) is 14.4. The van der Waals surface area contributed by atoms with E-state index in [2.05, 4.69) is 0 Å². The van der Waals surface area contributed by atoms with Crippen LogP contribution in [0, 0.1) is 13.8 Å². The molecule has 0 spiro atoms. The predicted molar refractivity (Wildman–Crippen MR) is 130 cm³/mol. The Bertz CT molecular complexity index is 1310. The number of para-hydroxylation sites is 1. The minimum atomic E-state index is -1.09. The molecule has 5 rings (SSSR count). The Morgan fingerprint density at radius 3 is 1.85 bits per heavy atom. The Hall–Kier alpha value is -4.05. The zero-order valence-corrected chi connectivity index (χ0v) is 18.6. The third-order valence-corrected chi connectivity index (χ3v) is 6.61. The number of hydrogen-bond donors (Lipinski definition) is 2. The number of nitrogens with zero attached hydrogens (tertiary/aromatic N) is 1. The molecule has 0 radical (unpaired) electrons. The molecule has 1 amide bonds. The van der Waals surface area contributed by atoms with Crippen molar-refractivity contribution in [2.75, 3.05) is 4.90 Å². The van der Waals surface area contributed by atoms with Crippen molar-refractivity contribution in [3.8, 4) is 11.5 Å². The molecule has 0 saturated carbocycles. The van der Waals surface area contributed by atoms with Crippen LogP contribution in [0.15, 0.2) is 91.0 Å². The average Bonchev–Trinajstić information content (AvgIpc) is 3.07. The predicted octanol–water partition coefficient (Wildman–Crippen LogP) is 5.60. The van der Waals surface area contributed by atoms with Crippen molar-refractivity contribution in [3.05, 3.63) is 124 Å². The van der Waals surface area contributed by atoms with Crippen LogP contribution in [0.5, 0.6) is 11.5 Å². The summed E-state index contributed by atoms with van der Waals surface area (Å²) in [6, 6.07) is 28.6. The van der Waals surface area contributed by atoms with Gasteiger partial charge in [-0.2, -0.15) is 0 Å². The van der Waals surface area contributed by atoms with Gasteiger partial charge in [-0.3, -0.25) is 4.79 Å². The van der Waals surface area contributed by atoms with Crippen LogP contribution in [-0.2, 0) is 16.8 Å². The van der Waals surface area contributed by atoms with Crippen LogP contribution < -0.4 is 4.90 Å². The molecule has 0 unspecified atom stereocenters. The molecule has 1 aliphatic heterocycles. The molecule has 0 atom stereocenters. The van der Waals surface area contributed by atoms with Gasteiger partial charge in [0.2, 0.25) is 5.91 Å². The number of hydrogen-bond acceptors (Lipinski definition) is 3. The van der Waals surface area contributed by atoms with E-state index < -0.39 is 5.41 Å². The first-order valence-electron chi connectivity index (χ1n) is 11.0. The van der Waals surface area contributed by atoms with Gasteiger partial charge in [0.15, 0.2) is 0 Å². The van der Waals surface area contributed by atoms with E-state index in [1.54, 1.807) is 12.1 Å². The second-order valence-corrected chi connectivity index (χ2v) is 8.65. The monoisotopic (exact) mass is 435 g/mol. The lowest BCUT2D eigenvalue weighted by atomic mass is 9.69. The van der Waals surface area contributed by atoms with Crippen LogP contribution in [-0.4, -0.2) is 16.1 Å². The van der Waals surface area contributed by atoms with Crippen molar-refractivity contribution in [1.82, 2.24) is 0 Å². The van der Waals surface area contributed by atoms with Crippen molar-refractivity contribution in [2.24, 2.45) is 0 Å². The van der Waals surface area contributed by atoms with Crippen LogP contribution in [0.25, 0.3) is 0 Å². The van der Waals surface area contributed by atoms with Gasteiger partial charge in [0.1, 0.15) is 16.9 Å². The molecule has 33 heavy (non-hydrogen) atoms. The number of carbonyl (C=O) groups excluding carboxylic acids is 1. The van der Waals surface area contributed by atoms with Crippen molar-refractivity contribution >= 4 is 11.6 Å². The molecule has 2 N–H and O–H groups in total. The molecule has 164 valence electrons. The number of aryl methyl sites for hydroxylation is 2. The lowest BCUT2D eigenvalue weighted by Crippen LogP contribution is -2.42. The number of phenols is 2. The maximum absolute atomic E-state index is 14.5. The summed E-state index contributed by atoms with van der Waals surface area (Å²) < 4.78 is 0. The third kappa shape index (κ3) is 3.18. The summed E-state index contributed by atoms with van der Waals surface area (Å²) in [4.78, 5) is 16.3. The van der Waals surface area contributed by atoms with E-state index in [1.165, 1.54) is 0 Å². The van der Waals surface area contributed by atoms with Crippen molar-refractivity contribution in [2.45, 2.75) is 25.8 Å². The number of benzene rings is 4. The van der Waals surface area contributed by atoms with Crippen molar-refractivity contribution < 1.29 is 15.0 Å². The molecule has 0 saturated heterocycles. The SMILES string of the molecule is Cc1cc(C2(c3ccc(O)c(C)c3)C(=O)N(Cc3ccccc3)c3ccccc32)ccc1O. The molecular weight excluding hydrogens is 410 g/mol. The van der Waals surface area contributed by atoms with Gasteiger partial charge in [-0.15, -0.1) is 0 Å². The van der Waals surface area contributed by atoms with Crippen LogP contribution in [0.3, 0.4) is 0 Å².